The molecule has 0 spiro atoms. The van der Waals surface area contributed by atoms with Crippen LogP contribution in [0.15, 0.2) is 0 Å². The van der Waals surface area contributed by atoms with Crippen molar-refractivity contribution in [1.82, 2.24) is 0 Å². The number of hydrogen-bond donors (Lipinski definition) is 0. The van der Waals surface area contributed by atoms with Gasteiger partial charge in [-0.3, -0.25) is 4.79 Å². The van der Waals surface area contributed by atoms with Gasteiger partial charge in [0.05, 0.1) is 13.0 Å². The van der Waals surface area contributed by atoms with Crippen molar-refractivity contribution in [1.29, 1.82) is 0 Å². The van der Waals surface area contributed by atoms with E-state index in [1.807, 2.05) is 21.6 Å². The molecule has 0 radical (unpaired) electrons. The monoisotopic (exact) mass is 232 g/mol. The van der Waals surface area contributed by atoms with Crippen LogP contribution in [0.2, 0.25) is 0 Å². The Balaban J connectivity index is 2.00. The number of esters is 1. The molecule has 4 atom stereocenters. The third-order valence-electron chi connectivity index (χ3n) is 3.48. The van der Waals surface area contributed by atoms with Crippen LogP contribution in [0.3, 0.4) is 0 Å². The average Bonchev–Trinajstić information content (AvgIpc) is 2.76. The fourth-order valence-corrected chi connectivity index (χ4v) is 5.39. The molecule has 80 valence electrons. The standard InChI is InChI=1S/C10H16O2S2/c1-12-10(11)8-4-6-3-7(8)9(5-6)14-13-2/h6-9H,3-5H2,1-2H3/t6?,7?,8-,9-/m1/s1. The lowest BCUT2D eigenvalue weighted by molar-refractivity contribution is -0.147. The molecule has 2 nitrogen and oxygen atoms in total. The van der Waals surface area contributed by atoms with E-state index in [0.29, 0.717) is 11.2 Å². The summed E-state index contributed by atoms with van der Waals surface area (Å²) >= 11 is 0. The van der Waals surface area contributed by atoms with E-state index in [0.717, 1.165) is 12.3 Å². The topological polar surface area (TPSA) is 26.3 Å². The van der Waals surface area contributed by atoms with Crippen LogP contribution < -0.4 is 0 Å². The average molecular weight is 232 g/mol. The Labute approximate surface area is 92.9 Å². The highest BCUT2D eigenvalue weighted by molar-refractivity contribution is 8.76. The predicted molar refractivity (Wildman–Crippen MR) is 61.2 cm³/mol. The molecule has 0 heterocycles. The van der Waals surface area contributed by atoms with Gasteiger partial charge in [0.2, 0.25) is 0 Å². The van der Waals surface area contributed by atoms with E-state index in [-0.39, 0.29) is 11.9 Å². The maximum atomic E-state index is 11.5. The molecule has 2 bridgehead atoms. The van der Waals surface area contributed by atoms with Crippen molar-refractivity contribution < 1.29 is 9.53 Å². The first-order valence-electron chi connectivity index (χ1n) is 5.03. The zero-order valence-corrected chi connectivity index (χ0v) is 10.2. The summed E-state index contributed by atoms with van der Waals surface area (Å²) in [4.78, 5) is 11.5. The Morgan fingerprint density at radius 3 is 2.71 bits per heavy atom. The van der Waals surface area contributed by atoms with Crippen LogP contribution in [0.5, 0.6) is 0 Å². The summed E-state index contributed by atoms with van der Waals surface area (Å²) in [7, 11) is 5.27. The van der Waals surface area contributed by atoms with Crippen LogP contribution in [0.4, 0.5) is 0 Å². The molecule has 14 heavy (non-hydrogen) atoms. The van der Waals surface area contributed by atoms with Crippen LogP contribution in [0, 0.1) is 17.8 Å². The van der Waals surface area contributed by atoms with E-state index in [1.54, 1.807) is 0 Å². The van der Waals surface area contributed by atoms with Crippen molar-refractivity contribution in [3.05, 3.63) is 0 Å². The van der Waals surface area contributed by atoms with Gasteiger partial charge in [-0.25, -0.2) is 0 Å². The number of ether oxygens (including phenoxy) is 1. The highest BCUT2D eigenvalue weighted by Crippen LogP contribution is 2.54. The summed E-state index contributed by atoms with van der Waals surface area (Å²) in [5.74, 6) is 1.59. The van der Waals surface area contributed by atoms with Gasteiger partial charge in [-0.2, -0.15) is 0 Å². The number of methoxy groups -OCH3 is 1. The first kappa shape index (κ1) is 10.7. The smallest absolute Gasteiger partial charge is 0.308 e. The zero-order chi connectivity index (χ0) is 10.1. The third-order valence-corrected chi connectivity index (χ3v) is 5.78. The molecule has 0 amide bonds. The first-order chi connectivity index (χ1) is 6.76. The maximum Gasteiger partial charge on any atom is 0.308 e. The van der Waals surface area contributed by atoms with E-state index in [2.05, 4.69) is 6.26 Å². The number of carbonyl (C=O) groups is 1. The van der Waals surface area contributed by atoms with E-state index in [1.165, 1.54) is 20.0 Å². The minimum Gasteiger partial charge on any atom is -0.469 e. The van der Waals surface area contributed by atoms with Gasteiger partial charge in [-0.1, -0.05) is 21.6 Å². The van der Waals surface area contributed by atoms with Crippen molar-refractivity contribution in [2.24, 2.45) is 17.8 Å². The second-order valence-corrected chi connectivity index (χ2v) is 6.88. The second kappa shape index (κ2) is 4.35. The molecule has 2 aliphatic rings. The van der Waals surface area contributed by atoms with Crippen molar-refractivity contribution >= 4 is 27.6 Å². The van der Waals surface area contributed by atoms with Crippen LogP contribution in [-0.4, -0.2) is 24.6 Å². The summed E-state index contributed by atoms with van der Waals surface area (Å²) in [6.07, 6.45) is 5.74. The lowest BCUT2D eigenvalue weighted by Crippen LogP contribution is -2.28. The number of fused-ring (bicyclic) bond motifs is 2. The number of carbonyl (C=O) groups excluding carboxylic acids is 1. The van der Waals surface area contributed by atoms with E-state index in [9.17, 15) is 4.79 Å². The number of hydrogen-bond acceptors (Lipinski definition) is 4. The van der Waals surface area contributed by atoms with Gasteiger partial charge in [-0.05, 0) is 37.4 Å². The summed E-state index contributed by atoms with van der Waals surface area (Å²) in [5.41, 5.74) is 0. The third kappa shape index (κ3) is 1.78. The Morgan fingerprint density at radius 1 is 1.36 bits per heavy atom. The molecule has 2 unspecified atom stereocenters. The Bertz CT molecular complexity index is 232. The van der Waals surface area contributed by atoms with E-state index in [4.69, 9.17) is 4.74 Å². The minimum atomic E-state index is 0.0175. The molecule has 4 heteroatoms. The molecule has 2 rings (SSSR count). The molecular formula is C10H16O2S2. The van der Waals surface area contributed by atoms with Crippen molar-refractivity contribution in [3.8, 4) is 0 Å². The lowest BCUT2D eigenvalue weighted by atomic mass is 9.88. The fraction of sp³-hybridized carbons (Fsp3) is 0.900. The molecule has 0 aromatic rings. The Hall–Kier alpha value is 0.170. The summed E-state index contributed by atoms with van der Waals surface area (Å²) in [6, 6.07) is 0. The molecule has 0 aliphatic heterocycles. The van der Waals surface area contributed by atoms with Crippen LogP contribution in [-0.2, 0) is 9.53 Å². The highest BCUT2D eigenvalue weighted by atomic mass is 33.1. The van der Waals surface area contributed by atoms with Gasteiger partial charge in [0.25, 0.3) is 0 Å². The SMILES string of the molecule is COC(=O)[C@@H]1CC2CC1[C@H](SSC)C2. The fourth-order valence-electron chi connectivity index (χ4n) is 2.94. The second-order valence-electron chi connectivity index (χ2n) is 4.17. The van der Waals surface area contributed by atoms with E-state index >= 15 is 0 Å². The summed E-state index contributed by atoms with van der Waals surface area (Å²) < 4.78 is 4.86. The normalized spacial score (nSPS) is 40.1. The first-order valence-corrected chi connectivity index (χ1v) is 7.65. The predicted octanol–water partition coefficient (Wildman–Crippen LogP) is 2.59. The molecule has 0 N–H and O–H groups in total. The molecule has 2 aliphatic carbocycles. The number of rotatable bonds is 3. The maximum absolute atomic E-state index is 11.5. The largest absolute Gasteiger partial charge is 0.469 e. The van der Waals surface area contributed by atoms with Crippen molar-refractivity contribution in [3.63, 3.8) is 0 Å². The summed E-state index contributed by atoms with van der Waals surface area (Å²) in [5, 5.41) is 0.688. The van der Waals surface area contributed by atoms with Crippen LogP contribution in [0.25, 0.3) is 0 Å². The van der Waals surface area contributed by atoms with Gasteiger partial charge in [0.15, 0.2) is 0 Å². The quantitative estimate of drug-likeness (QED) is 0.552. The molecule has 2 fully saturated rings. The van der Waals surface area contributed by atoms with Crippen LogP contribution >= 0.6 is 21.6 Å². The Morgan fingerprint density at radius 2 is 2.14 bits per heavy atom. The van der Waals surface area contributed by atoms with Gasteiger partial charge in [-0.15, -0.1) is 0 Å². The summed E-state index contributed by atoms with van der Waals surface area (Å²) in [6.45, 7) is 0. The zero-order valence-electron chi connectivity index (χ0n) is 8.56. The van der Waals surface area contributed by atoms with E-state index < -0.39 is 0 Å². The molecular weight excluding hydrogens is 216 g/mol. The van der Waals surface area contributed by atoms with Crippen molar-refractivity contribution in [2.75, 3.05) is 13.4 Å². The lowest BCUT2D eigenvalue weighted by Gasteiger charge is -2.26. The molecule has 0 saturated heterocycles. The van der Waals surface area contributed by atoms with Gasteiger partial charge < -0.3 is 4.74 Å². The van der Waals surface area contributed by atoms with Gasteiger partial charge >= 0.3 is 5.97 Å². The molecule has 0 aromatic carbocycles. The molecule has 2 saturated carbocycles. The minimum absolute atomic E-state index is 0.0175. The van der Waals surface area contributed by atoms with Crippen LogP contribution in [0.1, 0.15) is 19.3 Å². The molecule has 0 aromatic heterocycles. The Kier molecular flexibility index (Phi) is 3.32. The van der Waals surface area contributed by atoms with Gasteiger partial charge in [0.1, 0.15) is 0 Å². The highest BCUT2D eigenvalue weighted by Gasteiger charge is 2.49. The van der Waals surface area contributed by atoms with Gasteiger partial charge in [0, 0.05) is 5.25 Å². The van der Waals surface area contributed by atoms with Crippen molar-refractivity contribution in [2.45, 2.75) is 24.5 Å².